The Kier molecular flexibility index (Phi) is 7.27. The number of carbonyl (C=O) groups excluding carboxylic acids is 2. The Hall–Kier alpha value is -1.36. The van der Waals surface area contributed by atoms with E-state index in [0.717, 1.165) is 0 Å². The van der Waals surface area contributed by atoms with Crippen LogP contribution in [0.4, 0.5) is 0 Å². The molecule has 0 aromatic carbocycles. The third-order valence-corrected chi connectivity index (χ3v) is 1.38. The predicted molar refractivity (Wildman–Crippen MR) is 53.2 cm³/mol. The van der Waals surface area contributed by atoms with Gasteiger partial charge in [0.25, 0.3) is 6.10 Å². The summed E-state index contributed by atoms with van der Waals surface area (Å²) in [7, 11) is 0. The number of hydrogen-bond donors (Lipinski definition) is 0. The number of carbonyl (C=O) groups is 2. The SMILES string of the molecule is C=CCOC(C(=O)OCC)C(=O)OCC. The second-order valence-electron chi connectivity index (χ2n) is 2.51. The molecule has 5 heteroatoms. The zero-order chi connectivity index (χ0) is 11.7. The van der Waals surface area contributed by atoms with E-state index in [1.54, 1.807) is 13.8 Å². The van der Waals surface area contributed by atoms with Gasteiger partial charge in [-0.05, 0) is 13.8 Å². The van der Waals surface area contributed by atoms with Crippen molar-refractivity contribution in [3.8, 4) is 0 Å². The lowest BCUT2D eigenvalue weighted by Gasteiger charge is -2.13. The zero-order valence-electron chi connectivity index (χ0n) is 9.02. The first-order chi connectivity index (χ1) is 7.17. The van der Waals surface area contributed by atoms with Gasteiger partial charge in [-0.15, -0.1) is 6.58 Å². The third-order valence-electron chi connectivity index (χ3n) is 1.38. The van der Waals surface area contributed by atoms with E-state index in [1.165, 1.54) is 6.08 Å². The van der Waals surface area contributed by atoms with Crippen LogP contribution in [0, 0.1) is 0 Å². The minimum Gasteiger partial charge on any atom is -0.464 e. The molecule has 0 unspecified atom stereocenters. The number of rotatable bonds is 7. The highest BCUT2D eigenvalue weighted by Crippen LogP contribution is 2.00. The first-order valence-electron chi connectivity index (χ1n) is 4.73. The summed E-state index contributed by atoms with van der Waals surface area (Å²) in [4.78, 5) is 22.6. The van der Waals surface area contributed by atoms with Crippen molar-refractivity contribution in [1.29, 1.82) is 0 Å². The van der Waals surface area contributed by atoms with Crippen LogP contribution < -0.4 is 0 Å². The fourth-order valence-electron chi connectivity index (χ4n) is 0.832. The molecule has 0 aromatic heterocycles. The maximum Gasteiger partial charge on any atom is 0.347 e. The first-order valence-corrected chi connectivity index (χ1v) is 4.73. The Bertz CT molecular complexity index is 206. The lowest BCUT2D eigenvalue weighted by molar-refractivity contribution is -0.171. The molecule has 0 aromatic rings. The smallest absolute Gasteiger partial charge is 0.347 e. The molecule has 0 aliphatic heterocycles. The summed E-state index contributed by atoms with van der Waals surface area (Å²) in [5, 5.41) is 0. The van der Waals surface area contributed by atoms with Gasteiger partial charge in [-0.2, -0.15) is 0 Å². The van der Waals surface area contributed by atoms with E-state index >= 15 is 0 Å². The molecule has 0 spiro atoms. The van der Waals surface area contributed by atoms with Gasteiger partial charge in [0, 0.05) is 0 Å². The van der Waals surface area contributed by atoms with Gasteiger partial charge in [0.2, 0.25) is 0 Å². The van der Waals surface area contributed by atoms with E-state index in [-0.39, 0.29) is 19.8 Å². The van der Waals surface area contributed by atoms with Crippen molar-refractivity contribution in [1.82, 2.24) is 0 Å². The third kappa shape index (κ3) is 5.17. The molecule has 0 saturated heterocycles. The van der Waals surface area contributed by atoms with Crippen LogP contribution in [-0.2, 0) is 23.8 Å². The van der Waals surface area contributed by atoms with Crippen molar-refractivity contribution in [3.05, 3.63) is 12.7 Å². The van der Waals surface area contributed by atoms with Crippen LogP contribution >= 0.6 is 0 Å². The van der Waals surface area contributed by atoms with Crippen LogP contribution in [0.3, 0.4) is 0 Å². The van der Waals surface area contributed by atoms with Gasteiger partial charge in [0.05, 0.1) is 19.8 Å². The van der Waals surface area contributed by atoms with Gasteiger partial charge < -0.3 is 14.2 Å². The number of ether oxygens (including phenoxy) is 3. The van der Waals surface area contributed by atoms with E-state index in [0.29, 0.717) is 0 Å². The average Bonchev–Trinajstić information content (AvgIpc) is 2.19. The zero-order valence-corrected chi connectivity index (χ0v) is 9.02. The summed E-state index contributed by atoms with van der Waals surface area (Å²) < 4.78 is 14.3. The van der Waals surface area contributed by atoms with Crippen molar-refractivity contribution in [2.24, 2.45) is 0 Å². The Morgan fingerprint density at radius 3 is 2.00 bits per heavy atom. The molecule has 0 aliphatic carbocycles. The molecule has 0 heterocycles. The number of hydrogen-bond acceptors (Lipinski definition) is 5. The van der Waals surface area contributed by atoms with Crippen molar-refractivity contribution in [2.45, 2.75) is 20.0 Å². The van der Waals surface area contributed by atoms with Crippen LogP contribution in [0.15, 0.2) is 12.7 Å². The van der Waals surface area contributed by atoms with Crippen LogP contribution in [0.1, 0.15) is 13.8 Å². The first kappa shape index (κ1) is 13.6. The predicted octanol–water partition coefficient (Wildman–Crippen LogP) is 0.684. The van der Waals surface area contributed by atoms with E-state index in [2.05, 4.69) is 16.1 Å². The van der Waals surface area contributed by atoms with Crippen LogP contribution in [0.2, 0.25) is 0 Å². The van der Waals surface area contributed by atoms with Crippen molar-refractivity contribution in [3.63, 3.8) is 0 Å². The minimum absolute atomic E-state index is 0.0856. The highest BCUT2D eigenvalue weighted by Gasteiger charge is 2.29. The van der Waals surface area contributed by atoms with Gasteiger partial charge in [-0.25, -0.2) is 9.59 Å². The van der Waals surface area contributed by atoms with Crippen molar-refractivity contribution >= 4 is 11.9 Å². The highest BCUT2D eigenvalue weighted by molar-refractivity contribution is 5.98. The summed E-state index contributed by atoms with van der Waals surface area (Å²) in [6.45, 7) is 7.17. The van der Waals surface area contributed by atoms with E-state index in [1.807, 2.05) is 0 Å². The lowest BCUT2D eigenvalue weighted by atomic mass is 10.3. The molecular weight excluding hydrogens is 200 g/mol. The van der Waals surface area contributed by atoms with E-state index in [9.17, 15) is 9.59 Å². The molecule has 0 N–H and O–H groups in total. The van der Waals surface area contributed by atoms with E-state index in [4.69, 9.17) is 4.74 Å². The molecule has 0 amide bonds. The molecule has 0 bridgehead atoms. The Morgan fingerprint density at radius 1 is 1.20 bits per heavy atom. The molecular formula is C10H16O5. The summed E-state index contributed by atoms with van der Waals surface area (Å²) in [5.41, 5.74) is 0. The molecule has 15 heavy (non-hydrogen) atoms. The fraction of sp³-hybridized carbons (Fsp3) is 0.600. The molecule has 0 saturated carbocycles. The molecule has 0 atom stereocenters. The molecule has 0 aliphatic rings. The maximum absolute atomic E-state index is 11.3. The van der Waals surface area contributed by atoms with Crippen LogP contribution in [0.5, 0.6) is 0 Å². The quantitative estimate of drug-likeness (QED) is 0.356. The van der Waals surface area contributed by atoms with Crippen LogP contribution in [0.25, 0.3) is 0 Å². The molecule has 0 radical (unpaired) electrons. The Balaban J connectivity index is 4.34. The Labute approximate surface area is 89.0 Å². The monoisotopic (exact) mass is 216 g/mol. The Morgan fingerprint density at radius 2 is 1.67 bits per heavy atom. The minimum atomic E-state index is -1.32. The second kappa shape index (κ2) is 7.99. The normalized spacial score (nSPS) is 9.80. The fourth-order valence-corrected chi connectivity index (χ4v) is 0.832. The van der Waals surface area contributed by atoms with Gasteiger partial charge in [-0.3, -0.25) is 0 Å². The molecule has 5 nitrogen and oxygen atoms in total. The van der Waals surface area contributed by atoms with Gasteiger partial charge in [0.1, 0.15) is 0 Å². The van der Waals surface area contributed by atoms with E-state index < -0.39 is 18.0 Å². The van der Waals surface area contributed by atoms with Gasteiger partial charge in [0.15, 0.2) is 0 Å². The molecule has 0 rings (SSSR count). The summed E-state index contributed by atoms with van der Waals surface area (Å²) in [6, 6.07) is 0. The summed E-state index contributed by atoms with van der Waals surface area (Å²) in [6.07, 6.45) is 0.119. The largest absolute Gasteiger partial charge is 0.464 e. The highest BCUT2D eigenvalue weighted by atomic mass is 16.6. The van der Waals surface area contributed by atoms with Gasteiger partial charge >= 0.3 is 11.9 Å². The maximum atomic E-state index is 11.3. The summed E-state index contributed by atoms with van der Waals surface area (Å²) in [5.74, 6) is -1.48. The molecule has 86 valence electrons. The lowest BCUT2D eigenvalue weighted by Crippen LogP contribution is -2.36. The van der Waals surface area contributed by atoms with Crippen LogP contribution in [-0.4, -0.2) is 37.9 Å². The second-order valence-corrected chi connectivity index (χ2v) is 2.51. The van der Waals surface area contributed by atoms with Crippen molar-refractivity contribution < 1.29 is 23.8 Å². The van der Waals surface area contributed by atoms with Crippen molar-refractivity contribution in [2.75, 3.05) is 19.8 Å². The summed E-state index contributed by atoms with van der Waals surface area (Å²) >= 11 is 0. The van der Waals surface area contributed by atoms with Gasteiger partial charge in [-0.1, -0.05) is 6.08 Å². The topological polar surface area (TPSA) is 61.8 Å². The standard InChI is InChI=1S/C10H16O5/c1-4-7-15-8(9(11)13-5-2)10(12)14-6-3/h4,8H,1,5-7H2,2-3H3. The average molecular weight is 216 g/mol. The molecule has 0 fully saturated rings. The number of esters is 2.